The highest BCUT2D eigenvalue weighted by Crippen LogP contribution is 2.23. The zero-order valence-electron chi connectivity index (χ0n) is 10.1. The van der Waals surface area contributed by atoms with Gasteiger partial charge in [0.25, 0.3) is 0 Å². The maximum absolute atomic E-state index is 5.39. The third-order valence-electron chi connectivity index (χ3n) is 3.19. The predicted molar refractivity (Wildman–Crippen MR) is 64.5 cm³/mol. The van der Waals surface area contributed by atoms with Crippen LogP contribution in [-0.2, 0) is 22.7 Å². The minimum Gasteiger partial charge on any atom is -0.380 e. The molecule has 1 N–H and O–H groups in total. The van der Waals surface area contributed by atoms with Crippen LogP contribution in [0.4, 0.5) is 5.69 Å². The lowest BCUT2D eigenvalue weighted by Crippen LogP contribution is -2.29. The van der Waals surface area contributed by atoms with Crippen LogP contribution in [0.25, 0.3) is 0 Å². The summed E-state index contributed by atoms with van der Waals surface area (Å²) < 4.78 is 10.7. The van der Waals surface area contributed by atoms with E-state index in [1.165, 1.54) is 11.1 Å². The quantitative estimate of drug-likeness (QED) is 0.847. The van der Waals surface area contributed by atoms with Gasteiger partial charge in [0.1, 0.15) is 0 Å². The van der Waals surface area contributed by atoms with Crippen LogP contribution in [0, 0.1) is 0 Å². The van der Waals surface area contributed by atoms with Gasteiger partial charge in [-0.25, -0.2) is 0 Å². The molecule has 0 saturated carbocycles. The van der Waals surface area contributed by atoms with Crippen LogP contribution >= 0.6 is 0 Å². The van der Waals surface area contributed by atoms with E-state index in [1.807, 2.05) is 0 Å². The Hall–Kier alpha value is -1.06. The zero-order chi connectivity index (χ0) is 11.5. The lowest BCUT2D eigenvalue weighted by Gasteiger charge is -2.21. The molecule has 2 unspecified atom stereocenters. The summed E-state index contributed by atoms with van der Waals surface area (Å²) in [5.41, 5.74) is 3.74. The van der Waals surface area contributed by atoms with E-state index in [4.69, 9.17) is 9.47 Å². The van der Waals surface area contributed by atoms with Crippen LogP contribution in [0.1, 0.15) is 25.0 Å². The van der Waals surface area contributed by atoms with Gasteiger partial charge in [0, 0.05) is 18.8 Å². The topological polar surface area (TPSA) is 30.5 Å². The molecule has 3 heteroatoms. The van der Waals surface area contributed by atoms with Crippen molar-refractivity contribution in [3.63, 3.8) is 0 Å². The molecule has 88 valence electrons. The van der Waals surface area contributed by atoms with Crippen molar-refractivity contribution in [3.8, 4) is 0 Å². The molecule has 0 radical (unpaired) electrons. The normalized spacial score (nSPS) is 17.9. The van der Waals surface area contributed by atoms with Crippen molar-refractivity contribution in [2.75, 3.05) is 12.4 Å². The SMILES string of the molecule is COC(C)C(C)Nc1ccc2c(c1)COC2. The summed E-state index contributed by atoms with van der Waals surface area (Å²) in [6.45, 7) is 5.67. The van der Waals surface area contributed by atoms with Gasteiger partial charge < -0.3 is 14.8 Å². The standard InChI is InChI=1S/C13H19NO2/c1-9(10(2)15-3)14-13-5-4-11-7-16-8-12(11)6-13/h4-6,9-10,14H,7-8H2,1-3H3. The Morgan fingerprint density at radius 2 is 2.00 bits per heavy atom. The van der Waals surface area contributed by atoms with Crippen molar-refractivity contribution >= 4 is 5.69 Å². The number of methoxy groups -OCH3 is 1. The monoisotopic (exact) mass is 221 g/mol. The molecule has 1 heterocycles. The fraction of sp³-hybridized carbons (Fsp3) is 0.538. The van der Waals surface area contributed by atoms with E-state index in [-0.39, 0.29) is 6.10 Å². The highest BCUT2D eigenvalue weighted by molar-refractivity contribution is 5.50. The Balaban J connectivity index is 2.05. The molecule has 2 rings (SSSR count). The predicted octanol–water partition coefficient (Wildman–Crippen LogP) is 2.55. The molecule has 0 aliphatic carbocycles. The molecule has 16 heavy (non-hydrogen) atoms. The van der Waals surface area contributed by atoms with Crippen molar-refractivity contribution < 1.29 is 9.47 Å². The number of hydrogen-bond donors (Lipinski definition) is 1. The molecule has 1 aliphatic heterocycles. The maximum atomic E-state index is 5.39. The Morgan fingerprint density at radius 3 is 2.75 bits per heavy atom. The summed E-state index contributed by atoms with van der Waals surface area (Å²) in [5, 5.41) is 3.44. The summed E-state index contributed by atoms with van der Waals surface area (Å²) >= 11 is 0. The average Bonchev–Trinajstić information content (AvgIpc) is 2.75. The lowest BCUT2D eigenvalue weighted by molar-refractivity contribution is 0.106. The zero-order valence-corrected chi connectivity index (χ0v) is 10.1. The van der Waals surface area contributed by atoms with Crippen LogP contribution in [0.2, 0.25) is 0 Å². The Kier molecular flexibility index (Phi) is 3.46. The molecule has 0 amide bonds. The van der Waals surface area contributed by atoms with Gasteiger partial charge in [0.2, 0.25) is 0 Å². The van der Waals surface area contributed by atoms with Crippen molar-refractivity contribution in [1.82, 2.24) is 0 Å². The summed E-state index contributed by atoms with van der Waals surface area (Å²) in [4.78, 5) is 0. The molecule has 1 aromatic carbocycles. The van der Waals surface area contributed by atoms with Gasteiger partial charge in [-0.2, -0.15) is 0 Å². The van der Waals surface area contributed by atoms with Crippen molar-refractivity contribution in [2.24, 2.45) is 0 Å². The smallest absolute Gasteiger partial charge is 0.0741 e. The number of ether oxygens (including phenoxy) is 2. The number of benzene rings is 1. The van der Waals surface area contributed by atoms with Gasteiger partial charge in [0.05, 0.1) is 19.3 Å². The summed E-state index contributed by atoms with van der Waals surface area (Å²) in [5.74, 6) is 0. The van der Waals surface area contributed by atoms with Gasteiger partial charge in [-0.15, -0.1) is 0 Å². The third-order valence-corrected chi connectivity index (χ3v) is 3.19. The molecular formula is C13H19NO2. The molecule has 1 aromatic rings. The van der Waals surface area contributed by atoms with Crippen LogP contribution in [0.5, 0.6) is 0 Å². The minimum atomic E-state index is 0.199. The maximum Gasteiger partial charge on any atom is 0.0741 e. The lowest BCUT2D eigenvalue weighted by atomic mass is 10.1. The molecule has 0 aromatic heterocycles. The van der Waals surface area contributed by atoms with Gasteiger partial charge in [-0.3, -0.25) is 0 Å². The molecule has 2 atom stereocenters. The van der Waals surface area contributed by atoms with E-state index >= 15 is 0 Å². The first-order chi connectivity index (χ1) is 7.70. The first-order valence-corrected chi connectivity index (χ1v) is 5.69. The van der Waals surface area contributed by atoms with E-state index in [9.17, 15) is 0 Å². The van der Waals surface area contributed by atoms with Crippen LogP contribution in [-0.4, -0.2) is 19.3 Å². The van der Waals surface area contributed by atoms with E-state index in [0.717, 1.165) is 18.9 Å². The fourth-order valence-electron chi connectivity index (χ4n) is 1.85. The molecular weight excluding hydrogens is 202 g/mol. The van der Waals surface area contributed by atoms with Gasteiger partial charge >= 0.3 is 0 Å². The van der Waals surface area contributed by atoms with Crippen molar-refractivity contribution in [2.45, 2.75) is 39.2 Å². The van der Waals surface area contributed by atoms with Gasteiger partial charge in [-0.1, -0.05) is 6.07 Å². The second-order valence-electron chi connectivity index (χ2n) is 4.35. The number of nitrogens with one attached hydrogen (secondary N) is 1. The van der Waals surface area contributed by atoms with Gasteiger partial charge in [0.15, 0.2) is 0 Å². The molecule has 1 aliphatic rings. The Labute approximate surface area is 96.8 Å². The molecule has 3 nitrogen and oxygen atoms in total. The van der Waals surface area contributed by atoms with E-state index < -0.39 is 0 Å². The first-order valence-electron chi connectivity index (χ1n) is 5.69. The van der Waals surface area contributed by atoms with Crippen molar-refractivity contribution in [3.05, 3.63) is 29.3 Å². The largest absolute Gasteiger partial charge is 0.380 e. The number of fused-ring (bicyclic) bond motifs is 1. The molecule has 0 saturated heterocycles. The fourth-order valence-corrected chi connectivity index (χ4v) is 1.85. The summed E-state index contributed by atoms with van der Waals surface area (Å²) in [6, 6.07) is 6.70. The molecule has 0 bridgehead atoms. The number of anilines is 1. The summed E-state index contributed by atoms with van der Waals surface area (Å²) in [6.07, 6.45) is 0.199. The van der Waals surface area contributed by atoms with Gasteiger partial charge in [-0.05, 0) is 37.1 Å². The Bertz CT molecular complexity index is 365. The second-order valence-corrected chi connectivity index (χ2v) is 4.35. The third kappa shape index (κ3) is 2.36. The molecule has 0 fully saturated rings. The van der Waals surface area contributed by atoms with E-state index in [1.54, 1.807) is 7.11 Å². The Morgan fingerprint density at radius 1 is 1.25 bits per heavy atom. The second kappa shape index (κ2) is 4.85. The highest BCUT2D eigenvalue weighted by Gasteiger charge is 2.14. The molecule has 0 spiro atoms. The van der Waals surface area contributed by atoms with E-state index in [0.29, 0.717) is 6.04 Å². The minimum absolute atomic E-state index is 0.199. The average molecular weight is 221 g/mol. The highest BCUT2D eigenvalue weighted by atomic mass is 16.5. The van der Waals surface area contributed by atoms with Crippen molar-refractivity contribution in [1.29, 1.82) is 0 Å². The van der Waals surface area contributed by atoms with Crippen LogP contribution < -0.4 is 5.32 Å². The van der Waals surface area contributed by atoms with E-state index in [2.05, 4.69) is 37.4 Å². The first kappa shape index (κ1) is 11.4. The number of rotatable bonds is 4. The van der Waals surface area contributed by atoms with Crippen LogP contribution in [0.15, 0.2) is 18.2 Å². The number of hydrogen-bond acceptors (Lipinski definition) is 3. The van der Waals surface area contributed by atoms with Crippen LogP contribution in [0.3, 0.4) is 0 Å². The summed E-state index contributed by atoms with van der Waals surface area (Å²) in [7, 11) is 1.74.